The van der Waals surface area contributed by atoms with E-state index in [-0.39, 0.29) is 0 Å². The number of rotatable bonds is 7. The molecule has 144 valence electrons. The minimum atomic E-state index is -0.508. The molecule has 2 aromatic rings. The van der Waals surface area contributed by atoms with Gasteiger partial charge < -0.3 is 21.3 Å². The van der Waals surface area contributed by atoms with Gasteiger partial charge in [-0.25, -0.2) is 4.79 Å². The zero-order chi connectivity index (χ0) is 19.1. The van der Waals surface area contributed by atoms with E-state index in [1.165, 1.54) is 31.4 Å². The number of hydrogen-bond acceptors (Lipinski definition) is 3. The molecule has 0 spiro atoms. The molecule has 2 amide bonds. The summed E-state index contributed by atoms with van der Waals surface area (Å²) in [6.07, 6.45) is 5.29. The Bertz CT molecular complexity index is 719. The Morgan fingerprint density at radius 2 is 1.63 bits per heavy atom. The lowest BCUT2D eigenvalue weighted by Gasteiger charge is -2.33. The van der Waals surface area contributed by atoms with E-state index >= 15 is 0 Å². The molecule has 1 aliphatic heterocycles. The predicted octanol–water partition coefficient (Wildman–Crippen LogP) is 4.62. The third-order valence-electron chi connectivity index (χ3n) is 5.25. The number of urea groups is 1. The minimum Gasteiger partial charge on any atom is -0.372 e. The Morgan fingerprint density at radius 3 is 2.19 bits per heavy atom. The van der Waals surface area contributed by atoms with E-state index in [9.17, 15) is 4.79 Å². The van der Waals surface area contributed by atoms with Gasteiger partial charge in [-0.15, -0.1) is 0 Å². The van der Waals surface area contributed by atoms with E-state index in [0.717, 1.165) is 35.9 Å². The molecule has 2 aromatic carbocycles. The van der Waals surface area contributed by atoms with Crippen LogP contribution in [-0.4, -0.2) is 19.1 Å². The number of hydrogen-bond donors (Lipinski definition) is 3. The van der Waals surface area contributed by atoms with Gasteiger partial charge in [0, 0.05) is 36.7 Å². The molecule has 5 nitrogen and oxygen atoms in total. The molecule has 0 bridgehead atoms. The van der Waals surface area contributed by atoms with Gasteiger partial charge in [0.05, 0.1) is 0 Å². The van der Waals surface area contributed by atoms with Crippen molar-refractivity contribution in [1.82, 2.24) is 5.32 Å². The van der Waals surface area contributed by atoms with Crippen LogP contribution in [0.5, 0.6) is 0 Å². The highest BCUT2D eigenvalue weighted by atomic mass is 16.2. The van der Waals surface area contributed by atoms with Gasteiger partial charge in [-0.2, -0.15) is 0 Å². The van der Waals surface area contributed by atoms with Crippen LogP contribution in [0.3, 0.4) is 0 Å². The zero-order valence-corrected chi connectivity index (χ0v) is 16.1. The lowest BCUT2D eigenvalue weighted by Crippen LogP contribution is -2.33. The fourth-order valence-corrected chi connectivity index (χ4v) is 3.71. The average Bonchev–Trinajstić information content (AvgIpc) is 2.69. The monoisotopic (exact) mass is 366 g/mol. The normalized spacial score (nSPS) is 14.8. The molecule has 0 saturated carbocycles. The number of benzene rings is 2. The number of anilines is 3. The van der Waals surface area contributed by atoms with E-state index in [1.54, 1.807) is 0 Å². The van der Waals surface area contributed by atoms with Gasteiger partial charge in [0.25, 0.3) is 0 Å². The number of nitrogens with two attached hydrogens (primary N) is 1. The number of nitrogens with zero attached hydrogens (tertiary/aromatic N) is 1. The predicted molar refractivity (Wildman–Crippen MR) is 112 cm³/mol. The lowest BCUT2D eigenvalue weighted by atomic mass is 9.92. The molecule has 0 aromatic heterocycles. The van der Waals surface area contributed by atoms with Gasteiger partial charge >= 0.3 is 6.03 Å². The second-order valence-electron chi connectivity index (χ2n) is 7.31. The van der Waals surface area contributed by atoms with Crippen molar-refractivity contribution in [2.45, 2.75) is 39.2 Å². The summed E-state index contributed by atoms with van der Waals surface area (Å²) in [5.74, 6) is 0.910. The van der Waals surface area contributed by atoms with Crippen LogP contribution < -0.4 is 21.3 Å². The fourth-order valence-electron chi connectivity index (χ4n) is 3.71. The average molecular weight is 367 g/mol. The Kier molecular flexibility index (Phi) is 6.58. The maximum atomic E-state index is 10.8. The Balaban J connectivity index is 1.52. The molecule has 0 aliphatic carbocycles. The van der Waals surface area contributed by atoms with Crippen LogP contribution in [0.2, 0.25) is 0 Å². The highest BCUT2D eigenvalue weighted by Crippen LogP contribution is 2.27. The standard InChI is InChI=1S/C22H30N4O/c1-2-3-17-12-14-26(15-13-17)21-10-8-20(9-11-21)25-19-6-4-18(5-7-19)16-24-22(23)27/h4-11,17,25H,2-3,12-16H2,1H3,(H3,23,24,27). The highest BCUT2D eigenvalue weighted by molar-refractivity contribution is 5.71. The molecule has 4 N–H and O–H groups in total. The zero-order valence-electron chi connectivity index (χ0n) is 16.1. The van der Waals surface area contributed by atoms with Gasteiger partial charge in [0.1, 0.15) is 0 Å². The van der Waals surface area contributed by atoms with Crippen LogP contribution in [0, 0.1) is 5.92 Å². The number of amides is 2. The smallest absolute Gasteiger partial charge is 0.312 e. The van der Waals surface area contributed by atoms with Crippen molar-refractivity contribution in [3.05, 3.63) is 54.1 Å². The first-order valence-electron chi connectivity index (χ1n) is 9.88. The third-order valence-corrected chi connectivity index (χ3v) is 5.25. The molecule has 0 unspecified atom stereocenters. The molecule has 1 saturated heterocycles. The maximum absolute atomic E-state index is 10.8. The van der Waals surface area contributed by atoms with Crippen molar-refractivity contribution in [3.8, 4) is 0 Å². The van der Waals surface area contributed by atoms with Gasteiger partial charge in [0.15, 0.2) is 0 Å². The number of nitrogens with one attached hydrogen (secondary N) is 2. The van der Waals surface area contributed by atoms with Crippen LogP contribution >= 0.6 is 0 Å². The fraction of sp³-hybridized carbons (Fsp3) is 0.409. The van der Waals surface area contributed by atoms with Crippen LogP contribution in [0.4, 0.5) is 21.9 Å². The van der Waals surface area contributed by atoms with Crippen LogP contribution in [0.1, 0.15) is 38.2 Å². The molecule has 27 heavy (non-hydrogen) atoms. The Hall–Kier alpha value is -2.69. The van der Waals surface area contributed by atoms with E-state index in [1.807, 2.05) is 24.3 Å². The minimum absolute atomic E-state index is 0.444. The maximum Gasteiger partial charge on any atom is 0.312 e. The van der Waals surface area contributed by atoms with Crippen molar-refractivity contribution in [1.29, 1.82) is 0 Å². The summed E-state index contributed by atoms with van der Waals surface area (Å²) in [6.45, 7) is 5.05. The van der Waals surface area contributed by atoms with Crippen LogP contribution in [0.25, 0.3) is 0 Å². The lowest BCUT2D eigenvalue weighted by molar-refractivity contribution is 0.248. The molecular formula is C22H30N4O. The molecule has 0 atom stereocenters. The van der Waals surface area contributed by atoms with Crippen LogP contribution in [0.15, 0.2) is 48.5 Å². The first kappa shape index (κ1) is 19.1. The van der Waals surface area contributed by atoms with Gasteiger partial charge in [-0.1, -0.05) is 31.9 Å². The number of carbonyl (C=O) groups is 1. The summed E-state index contributed by atoms with van der Waals surface area (Å²) in [4.78, 5) is 13.3. The van der Waals surface area contributed by atoms with Crippen LogP contribution in [-0.2, 0) is 6.54 Å². The number of carbonyl (C=O) groups excluding carboxylic acids is 1. The topological polar surface area (TPSA) is 70.4 Å². The SMILES string of the molecule is CCCC1CCN(c2ccc(Nc3ccc(CNC(N)=O)cc3)cc2)CC1. The molecule has 5 heteroatoms. The Labute approximate surface area is 161 Å². The molecule has 1 aliphatic rings. The van der Waals surface area contributed by atoms with Crippen molar-refractivity contribution in [3.63, 3.8) is 0 Å². The summed E-state index contributed by atoms with van der Waals surface area (Å²) in [5, 5.41) is 6.01. The van der Waals surface area contributed by atoms with E-state index < -0.39 is 6.03 Å². The molecular weight excluding hydrogens is 336 g/mol. The quantitative estimate of drug-likeness (QED) is 0.670. The molecule has 1 fully saturated rings. The number of piperidine rings is 1. The first-order valence-corrected chi connectivity index (χ1v) is 9.88. The molecule has 1 heterocycles. The largest absolute Gasteiger partial charge is 0.372 e. The van der Waals surface area contributed by atoms with Gasteiger partial charge in [-0.3, -0.25) is 0 Å². The van der Waals surface area contributed by atoms with Gasteiger partial charge in [0.2, 0.25) is 0 Å². The third kappa shape index (κ3) is 5.64. The molecule has 0 radical (unpaired) electrons. The van der Waals surface area contributed by atoms with Crippen molar-refractivity contribution < 1.29 is 4.79 Å². The van der Waals surface area contributed by atoms with E-state index in [4.69, 9.17) is 5.73 Å². The van der Waals surface area contributed by atoms with Crippen molar-refractivity contribution in [2.24, 2.45) is 11.7 Å². The summed E-state index contributed by atoms with van der Waals surface area (Å²) in [7, 11) is 0. The Morgan fingerprint density at radius 1 is 1.04 bits per heavy atom. The second kappa shape index (κ2) is 9.31. The first-order chi connectivity index (χ1) is 13.1. The number of primary amides is 1. The van der Waals surface area contributed by atoms with Gasteiger partial charge in [-0.05, 0) is 60.7 Å². The van der Waals surface area contributed by atoms with E-state index in [0.29, 0.717) is 6.54 Å². The highest BCUT2D eigenvalue weighted by Gasteiger charge is 2.18. The summed E-state index contributed by atoms with van der Waals surface area (Å²) in [5.41, 5.74) is 9.51. The van der Waals surface area contributed by atoms with E-state index in [2.05, 4.69) is 46.7 Å². The summed E-state index contributed by atoms with van der Waals surface area (Å²) in [6, 6.07) is 16.1. The van der Waals surface area contributed by atoms with Crippen molar-refractivity contribution >= 4 is 23.1 Å². The second-order valence-corrected chi connectivity index (χ2v) is 7.31. The molecule has 3 rings (SSSR count). The summed E-state index contributed by atoms with van der Waals surface area (Å²) >= 11 is 0. The summed E-state index contributed by atoms with van der Waals surface area (Å²) < 4.78 is 0. The van der Waals surface area contributed by atoms with Crippen molar-refractivity contribution in [2.75, 3.05) is 23.3 Å².